The molecule has 1 aliphatic heterocycles. The highest BCUT2D eigenvalue weighted by Crippen LogP contribution is 2.49. The van der Waals surface area contributed by atoms with Gasteiger partial charge in [-0.25, -0.2) is 0 Å². The van der Waals surface area contributed by atoms with Crippen LogP contribution in [-0.4, -0.2) is 12.4 Å². The molecule has 1 heterocycles. The standard InChI is InChI=1S/C12H16O2/c13-12(10-3-4-14-7-10)11-6-8-1-2-9(11)5-8/h7-9,11H,1-6H2. The van der Waals surface area contributed by atoms with Gasteiger partial charge in [0, 0.05) is 17.9 Å². The first kappa shape index (κ1) is 8.51. The summed E-state index contributed by atoms with van der Waals surface area (Å²) in [7, 11) is 0. The number of rotatable bonds is 2. The summed E-state index contributed by atoms with van der Waals surface area (Å²) >= 11 is 0. The van der Waals surface area contributed by atoms with E-state index in [4.69, 9.17) is 4.74 Å². The Hall–Kier alpha value is -0.790. The van der Waals surface area contributed by atoms with Crippen molar-refractivity contribution < 1.29 is 9.53 Å². The minimum atomic E-state index is 0.349. The average Bonchev–Trinajstić information content (AvgIpc) is 2.93. The lowest BCUT2D eigenvalue weighted by Crippen LogP contribution is -2.22. The lowest BCUT2D eigenvalue weighted by atomic mass is 9.83. The van der Waals surface area contributed by atoms with E-state index in [0.717, 1.165) is 24.3 Å². The maximum Gasteiger partial charge on any atom is 0.165 e. The first-order chi connectivity index (χ1) is 6.84. The first-order valence-corrected chi connectivity index (χ1v) is 5.69. The van der Waals surface area contributed by atoms with Crippen molar-refractivity contribution in [2.24, 2.45) is 17.8 Å². The van der Waals surface area contributed by atoms with Crippen molar-refractivity contribution in [1.82, 2.24) is 0 Å². The van der Waals surface area contributed by atoms with E-state index in [0.29, 0.717) is 24.2 Å². The molecular formula is C12H16O2. The lowest BCUT2D eigenvalue weighted by molar-refractivity contribution is -0.120. The van der Waals surface area contributed by atoms with Gasteiger partial charge in [0.15, 0.2) is 5.78 Å². The molecule has 0 amide bonds. The number of carbonyl (C=O) groups excluding carboxylic acids is 1. The second-order valence-corrected chi connectivity index (χ2v) is 4.91. The van der Waals surface area contributed by atoms with Gasteiger partial charge in [-0.2, -0.15) is 0 Å². The Kier molecular flexibility index (Phi) is 1.89. The third kappa shape index (κ3) is 1.20. The van der Waals surface area contributed by atoms with E-state index in [1.165, 1.54) is 19.3 Å². The highest BCUT2D eigenvalue weighted by molar-refractivity contribution is 5.97. The third-order valence-corrected chi connectivity index (χ3v) is 4.11. The largest absolute Gasteiger partial charge is 0.500 e. The summed E-state index contributed by atoms with van der Waals surface area (Å²) in [6.07, 6.45) is 7.64. The predicted octanol–water partition coefficient (Wildman–Crippen LogP) is 2.30. The fourth-order valence-corrected chi connectivity index (χ4v) is 3.37. The van der Waals surface area contributed by atoms with E-state index in [1.807, 2.05) is 0 Å². The van der Waals surface area contributed by atoms with Crippen LogP contribution in [0, 0.1) is 17.8 Å². The molecule has 0 aromatic carbocycles. The Bertz CT molecular complexity index is 293. The number of hydrogen-bond acceptors (Lipinski definition) is 2. The van der Waals surface area contributed by atoms with Crippen LogP contribution in [-0.2, 0) is 9.53 Å². The molecule has 3 aliphatic rings. The summed E-state index contributed by atoms with van der Waals surface area (Å²) in [5.74, 6) is 2.31. The van der Waals surface area contributed by atoms with Gasteiger partial charge >= 0.3 is 0 Å². The van der Waals surface area contributed by atoms with Crippen LogP contribution in [0.5, 0.6) is 0 Å². The van der Waals surface area contributed by atoms with Crippen LogP contribution >= 0.6 is 0 Å². The zero-order valence-corrected chi connectivity index (χ0v) is 8.37. The Morgan fingerprint density at radius 1 is 1.36 bits per heavy atom. The van der Waals surface area contributed by atoms with Gasteiger partial charge in [-0.05, 0) is 31.1 Å². The molecule has 3 rings (SSSR count). The van der Waals surface area contributed by atoms with E-state index >= 15 is 0 Å². The minimum Gasteiger partial charge on any atom is -0.500 e. The van der Waals surface area contributed by atoms with E-state index in [2.05, 4.69) is 0 Å². The van der Waals surface area contributed by atoms with Gasteiger partial charge in [0.1, 0.15) is 0 Å². The summed E-state index contributed by atoms with van der Waals surface area (Å²) in [6.45, 7) is 0.710. The van der Waals surface area contributed by atoms with Crippen molar-refractivity contribution in [3.8, 4) is 0 Å². The third-order valence-electron chi connectivity index (χ3n) is 4.11. The Labute approximate surface area is 84.3 Å². The number of fused-ring (bicyclic) bond motifs is 2. The van der Waals surface area contributed by atoms with Crippen LogP contribution < -0.4 is 0 Å². The summed E-state index contributed by atoms with van der Waals surface area (Å²) < 4.78 is 5.14. The molecule has 3 atom stereocenters. The van der Waals surface area contributed by atoms with Gasteiger partial charge in [-0.3, -0.25) is 4.79 Å². The zero-order valence-electron chi connectivity index (χ0n) is 8.37. The van der Waals surface area contributed by atoms with Crippen LogP contribution in [0.1, 0.15) is 32.1 Å². The average molecular weight is 192 g/mol. The van der Waals surface area contributed by atoms with E-state index in [9.17, 15) is 4.79 Å². The molecule has 2 saturated carbocycles. The zero-order chi connectivity index (χ0) is 9.54. The molecule has 2 heteroatoms. The van der Waals surface area contributed by atoms with Crippen molar-refractivity contribution in [3.63, 3.8) is 0 Å². The topological polar surface area (TPSA) is 26.3 Å². The number of ketones is 1. The number of carbonyl (C=O) groups is 1. The number of hydrogen-bond donors (Lipinski definition) is 0. The van der Waals surface area contributed by atoms with E-state index < -0.39 is 0 Å². The summed E-state index contributed by atoms with van der Waals surface area (Å²) in [4.78, 5) is 12.1. The van der Waals surface area contributed by atoms with Gasteiger partial charge in [-0.1, -0.05) is 6.42 Å². The van der Waals surface area contributed by atoms with E-state index in [-0.39, 0.29) is 0 Å². The number of ether oxygens (including phenoxy) is 1. The SMILES string of the molecule is O=C(C1=COCC1)C1CC2CCC1C2. The minimum absolute atomic E-state index is 0.349. The fourth-order valence-electron chi connectivity index (χ4n) is 3.37. The van der Waals surface area contributed by atoms with Crippen LogP contribution in [0.4, 0.5) is 0 Å². The maximum absolute atomic E-state index is 12.1. The van der Waals surface area contributed by atoms with Gasteiger partial charge < -0.3 is 4.74 Å². The number of Topliss-reactive ketones (excluding diaryl/α,β-unsaturated/α-hetero) is 1. The molecule has 2 fully saturated rings. The molecule has 0 aromatic heterocycles. The molecule has 3 unspecified atom stereocenters. The van der Waals surface area contributed by atoms with Gasteiger partial charge in [0.2, 0.25) is 0 Å². The Morgan fingerprint density at radius 3 is 2.86 bits per heavy atom. The van der Waals surface area contributed by atoms with Crippen molar-refractivity contribution in [2.75, 3.05) is 6.61 Å². The van der Waals surface area contributed by atoms with Crippen molar-refractivity contribution in [1.29, 1.82) is 0 Å². The van der Waals surface area contributed by atoms with Gasteiger partial charge in [0.05, 0.1) is 12.9 Å². The molecule has 0 spiro atoms. The summed E-state index contributed by atoms with van der Waals surface area (Å²) in [6, 6.07) is 0. The second kappa shape index (κ2) is 3.11. The molecule has 2 nitrogen and oxygen atoms in total. The van der Waals surface area contributed by atoms with Gasteiger partial charge in [0.25, 0.3) is 0 Å². The quantitative estimate of drug-likeness (QED) is 0.671. The molecule has 2 aliphatic carbocycles. The molecule has 0 N–H and O–H groups in total. The lowest BCUT2D eigenvalue weighted by Gasteiger charge is -2.20. The van der Waals surface area contributed by atoms with Crippen LogP contribution in [0.3, 0.4) is 0 Å². The van der Waals surface area contributed by atoms with Crippen LogP contribution in [0.25, 0.3) is 0 Å². The highest BCUT2D eigenvalue weighted by Gasteiger charge is 2.43. The van der Waals surface area contributed by atoms with Gasteiger partial charge in [-0.15, -0.1) is 0 Å². The highest BCUT2D eigenvalue weighted by atomic mass is 16.5. The molecule has 0 saturated heterocycles. The Morgan fingerprint density at radius 2 is 2.29 bits per heavy atom. The van der Waals surface area contributed by atoms with Crippen LogP contribution in [0.2, 0.25) is 0 Å². The monoisotopic (exact) mass is 192 g/mol. The molecular weight excluding hydrogens is 176 g/mol. The Balaban J connectivity index is 1.74. The molecule has 14 heavy (non-hydrogen) atoms. The summed E-state index contributed by atoms with van der Waals surface area (Å²) in [5, 5.41) is 0. The maximum atomic E-state index is 12.1. The molecule has 0 aromatic rings. The smallest absolute Gasteiger partial charge is 0.165 e. The predicted molar refractivity (Wildman–Crippen MR) is 52.6 cm³/mol. The fraction of sp³-hybridized carbons (Fsp3) is 0.750. The molecule has 0 radical (unpaired) electrons. The normalized spacial score (nSPS) is 39.7. The first-order valence-electron chi connectivity index (χ1n) is 5.69. The van der Waals surface area contributed by atoms with Crippen LogP contribution in [0.15, 0.2) is 11.8 Å². The van der Waals surface area contributed by atoms with E-state index in [1.54, 1.807) is 6.26 Å². The molecule has 76 valence electrons. The van der Waals surface area contributed by atoms with Crippen molar-refractivity contribution in [2.45, 2.75) is 32.1 Å². The van der Waals surface area contributed by atoms with Crippen molar-refractivity contribution in [3.05, 3.63) is 11.8 Å². The van der Waals surface area contributed by atoms with Crippen molar-refractivity contribution >= 4 is 5.78 Å². The summed E-state index contributed by atoms with van der Waals surface area (Å²) in [5.41, 5.74) is 0.947. The molecule has 2 bridgehead atoms. The second-order valence-electron chi connectivity index (χ2n) is 4.91.